The van der Waals surface area contributed by atoms with E-state index in [0.29, 0.717) is 17.1 Å². The monoisotopic (exact) mass is 339 g/mol. The smallest absolute Gasteiger partial charge is 0.0784 e. The summed E-state index contributed by atoms with van der Waals surface area (Å²) < 4.78 is 0. The lowest BCUT2D eigenvalue weighted by molar-refractivity contribution is 0.994. The molecule has 3 heteroatoms. The summed E-state index contributed by atoms with van der Waals surface area (Å²) in [4.78, 5) is 0. The molecule has 4 aromatic rings. The predicted molar refractivity (Wildman–Crippen MR) is 111 cm³/mol. The summed E-state index contributed by atoms with van der Waals surface area (Å²) in [6.45, 7) is 0. The Morgan fingerprint density at radius 3 is 2.04 bits per heavy atom. The summed E-state index contributed by atoms with van der Waals surface area (Å²) in [5.74, 6) is -0.0230. The Hall–Kier alpha value is -3.46. The van der Waals surface area contributed by atoms with Crippen molar-refractivity contribution in [2.75, 3.05) is 17.2 Å². The van der Waals surface area contributed by atoms with Crippen LogP contribution >= 0.6 is 0 Å². The Morgan fingerprint density at radius 1 is 0.538 bits per heavy atom. The van der Waals surface area contributed by atoms with Gasteiger partial charge < -0.3 is 17.2 Å². The maximum Gasteiger partial charge on any atom is 0.0784 e. The lowest BCUT2D eigenvalue weighted by atomic mass is 9.82. The summed E-state index contributed by atoms with van der Waals surface area (Å²) in [5, 5.41) is 2.41. The van der Waals surface area contributed by atoms with Gasteiger partial charge in [0.2, 0.25) is 0 Å². The van der Waals surface area contributed by atoms with Gasteiger partial charge in [-0.05, 0) is 33.5 Å². The molecule has 0 aliphatic heterocycles. The maximum absolute atomic E-state index is 6.40. The standard InChI is InChI=1S/C23H21N3/c24-20-14-13-19(22(25)23(20)26)21(16-8-2-1-3-9-16)18-12-6-10-15-7-4-5-11-17(15)18/h1-14,21H,24-26H2. The van der Waals surface area contributed by atoms with E-state index in [-0.39, 0.29) is 5.92 Å². The molecule has 0 radical (unpaired) electrons. The van der Waals surface area contributed by atoms with Crippen LogP contribution in [0.25, 0.3) is 10.8 Å². The topological polar surface area (TPSA) is 78.1 Å². The van der Waals surface area contributed by atoms with Crippen LogP contribution < -0.4 is 17.2 Å². The van der Waals surface area contributed by atoms with Crippen LogP contribution in [0.5, 0.6) is 0 Å². The summed E-state index contributed by atoms with van der Waals surface area (Å²) in [6, 6.07) is 28.9. The maximum atomic E-state index is 6.40. The van der Waals surface area contributed by atoms with Gasteiger partial charge >= 0.3 is 0 Å². The Labute approximate surface area is 153 Å². The molecule has 0 fully saturated rings. The van der Waals surface area contributed by atoms with Gasteiger partial charge in [0.05, 0.1) is 17.1 Å². The van der Waals surface area contributed by atoms with Gasteiger partial charge in [-0.15, -0.1) is 0 Å². The number of nitrogen functional groups attached to an aromatic ring is 3. The fraction of sp³-hybridized carbons (Fsp3) is 0.0435. The highest BCUT2D eigenvalue weighted by atomic mass is 14.7. The van der Waals surface area contributed by atoms with Crippen LogP contribution in [-0.2, 0) is 0 Å². The van der Waals surface area contributed by atoms with Crippen LogP contribution in [-0.4, -0.2) is 0 Å². The largest absolute Gasteiger partial charge is 0.397 e. The highest BCUT2D eigenvalue weighted by molar-refractivity contribution is 5.88. The zero-order valence-electron chi connectivity index (χ0n) is 14.4. The van der Waals surface area contributed by atoms with Gasteiger partial charge in [-0.25, -0.2) is 0 Å². The molecule has 4 rings (SSSR count). The molecule has 0 saturated carbocycles. The van der Waals surface area contributed by atoms with E-state index in [2.05, 4.69) is 54.6 Å². The second kappa shape index (κ2) is 6.45. The molecule has 0 heterocycles. The molecule has 0 aromatic heterocycles. The molecule has 1 atom stereocenters. The van der Waals surface area contributed by atoms with E-state index in [1.54, 1.807) is 0 Å². The minimum absolute atomic E-state index is 0.0230. The second-order valence-electron chi connectivity index (χ2n) is 6.48. The summed E-state index contributed by atoms with van der Waals surface area (Å²) in [7, 11) is 0. The number of fused-ring (bicyclic) bond motifs is 1. The Kier molecular flexibility index (Phi) is 3.98. The normalized spacial score (nSPS) is 12.2. The molecule has 0 saturated heterocycles. The fourth-order valence-corrected chi connectivity index (χ4v) is 3.60. The molecule has 1 unspecified atom stereocenters. The number of anilines is 3. The predicted octanol–water partition coefficient (Wildman–Crippen LogP) is 4.77. The van der Waals surface area contributed by atoms with Crippen LogP contribution in [0, 0.1) is 0 Å². The van der Waals surface area contributed by atoms with E-state index >= 15 is 0 Å². The van der Waals surface area contributed by atoms with Crippen molar-refractivity contribution >= 4 is 27.8 Å². The van der Waals surface area contributed by atoms with Crippen LogP contribution in [0.4, 0.5) is 17.1 Å². The van der Waals surface area contributed by atoms with Crippen molar-refractivity contribution in [2.24, 2.45) is 0 Å². The van der Waals surface area contributed by atoms with Gasteiger partial charge in [-0.3, -0.25) is 0 Å². The summed E-state index contributed by atoms with van der Waals surface area (Å²) in [5.41, 5.74) is 23.3. The number of hydrogen-bond donors (Lipinski definition) is 3. The molecule has 0 aliphatic carbocycles. The van der Waals surface area contributed by atoms with Gasteiger partial charge in [0.25, 0.3) is 0 Å². The Bertz CT molecular complexity index is 1070. The molecular weight excluding hydrogens is 318 g/mol. The van der Waals surface area contributed by atoms with E-state index < -0.39 is 0 Å². The van der Waals surface area contributed by atoms with Gasteiger partial charge in [-0.2, -0.15) is 0 Å². The SMILES string of the molecule is Nc1ccc(C(c2ccccc2)c2cccc3ccccc23)c(N)c1N. The zero-order chi connectivity index (χ0) is 18.1. The van der Waals surface area contributed by atoms with E-state index in [1.165, 1.54) is 21.9 Å². The molecule has 0 bridgehead atoms. The van der Waals surface area contributed by atoms with Crippen molar-refractivity contribution in [1.82, 2.24) is 0 Å². The third-order valence-electron chi connectivity index (χ3n) is 4.93. The van der Waals surface area contributed by atoms with Crippen molar-refractivity contribution in [3.8, 4) is 0 Å². The first-order valence-corrected chi connectivity index (χ1v) is 8.62. The highest BCUT2D eigenvalue weighted by Crippen LogP contribution is 2.41. The first-order chi connectivity index (χ1) is 12.7. The number of rotatable bonds is 3. The Morgan fingerprint density at radius 2 is 1.23 bits per heavy atom. The second-order valence-corrected chi connectivity index (χ2v) is 6.48. The number of nitrogens with two attached hydrogens (primary N) is 3. The van der Waals surface area contributed by atoms with Crippen molar-refractivity contribution in [3.05, 3.63) is 102 Å². The van der Waals surface area contributed by atoms with Crippen molar-refractivity contribution in [2.45, 2.75) is 5.92 Å². The first kappa shape index (κ1) is 16.0. The molecule has 128 valence electrons. The molecule has 4 aromatic carbocycles. The molecule has 26 heavy (non-hydrogen) atoms. The third-order valence-corrected chi connectivity index (χ3v) is 4.93. The molecule has 0 aliphatic rings. The molecule has 6 N–H and O–H groups in total. The van der Waals surface area contributed by atoms with E-state index in [0.717, 1.165) is 5.56 Å². The lowest BCUT2D eigenvalue weighted by Gasteiger charge is -2.23. The van der Waals surface area contributed by atoms with E-state index in [1.807, 2.05) is 30.3 Å². The quantitative estimate of drug-likeness (QED) is 0.372. The molecule has 0 spiro atoms. The van der Waals surface area contributed by atoms with Gasteiger partial charge in [-0.1, -0.05) is 78.9 Å². The van der Waals surface area contributed by atoms with Crippen molar-refractivity contribution < 1.29 is 0 Å². The van der Waals surface area contributed by atoms with Crippen molar-refractivity contribution in [3.63, 3.8) is 0 Å². The summed E-state index contributed by atoms with van der Waals surface area (Å²) in [6.07, 6.45) is 0. The van der Waals surface area contributed by atoms with Crippen LogP contribution in [0.1, 0.15) is 22.6 Å². The van der Waals surface area contributed by atoms with Gasteiger partial charge in [0.15, 0.2) is 0 Å². The van der Waals surface area contributed by atoms with Crippen molar-refractivity contribution in [1.29, 1.82) is 0 Å². The summed E-state index contributed by atoms with van der Waals surface area (Å²) >= 11 is 0. The molecule has 3 nitrogen and oxygen atoms in total. The van der Waals surface area contributed by atoms with Crippen LogP contribution in [0.2, 0.25) is 0 Å². The first-order valence-electron chi connectivity index (χ1n) is 8.62. The van der Waals surface area contributed by atoms with Gasteiger partial charge in [0.1, 0.15) is 0 Å². The van der Waals surface area contributed by atoms with Crippen LogP contribution in [0.15, 0.2) is 84.9 Å². The Balaban J connectivity index is 2.03. The number of benzene rings is 4. The highest BCUT2D eigenvalue weighted by Gasteiger charge is 2.22. The number of hydrogen-bond acceptors (Lipinski definition) is 3. The third kappa shape index (κ3) is 2.64. The molecular formula is C23H21N3. The molecule has 0 amide bonds. The average Bonchev–Trinajstić information content (AvgIpc) is 2.69. The van der Waals surface area contributed by atoms with E-state index in [4.69, 9.17) is 17.2 Å². The van der Waals surface area contributed by atoms with E-state index in [9.17, 15) is 0 Å². The lowest BCUT2D eigenvalue weighted by Crippen LogP contribution is -2.10. The van der Waals surface area contributed by atoms with Crippen LogP contribution in [0.3, 0.4) is 0 Å². The minimum Gasteiger partial charge on any atom is -0.397 e. The minimum atomic E-state index is -0.0230. The fourth-order valence-electron chi connectivity index (χ4n) is 3.60. The average molecular weight is 339 g/mol. The zero-order valence-corrected chi connectivity index (χ0v) is 14.4. The van der Waals surface area contributed by atoms with Gasteiger partial charge in [0, 0.05) is 5.92 Å².